The van der Waals surface area contributed by atoms with Crippen molar-refractivity contribution in [2.45, 2.75) is 5.16 Å². The van der Waals surface area contributed by atoms with Gasteiger partial charge in [-0.15, -0.1) is 0 Å². The number of aromatic nitrogens is 5. The second kappa shape index (κ2) is 3.36. The number of thioether (sulfide) groups is 1. The topological polar surface area (TPSA) is 68.5 Å². The summed E-state index contributed by atoms with van der Waals surface area (Å²) >= 11 is 1.42. The van der Waals surface area contributed by atoms with E-state index in [0.717, 1.165) is 11.0 Å². The summed E-state index contributed by atoms with van der Waals surface area (Å²) < 4.78 is 3.60. The zero-order valence-corrected chi connectivity index (χ0v) is 10.5. The van der Waals surface area contributed by atoms with Crippen molar-refractivity contribution < 1.29 is 0 Å². The third-order valence-electron chi connectivity index (χ3n) is 2.91. The number of rotatable bonds is 1. The van der Waals surface area contributed by atoms with Crippen LogP contribution < -0.4 is 5.56 Å². The Bertz CT molecular complexity index is 781. The van der Waals surface area contributed by atoms with Crippen LogP contribution in [0.1, 0.15) is 0 Å². The molecule has 0 fully saturated rings. The van der Waals surface area contributed by atoms with Gasteiger partial charge in [0, 0.05) is 14.1 Å². The van der Waals surface area contributed by atoms with Gasteiger partial charge >= 0.3 is 0 Å². The van der Waals surface area contributed by atoms with Gasteiger partial charge in [0.25, 0.3) is 5.56 Å². The van der Waals surface area contributed by atoms with Crippen LogP contribution in [0, 0.1) is 0 Å². The predicted molar refractivity (Wildman–Crippen MR) is 67.4 cm³/mol. The minimum absolute atomic E-state index is 0.117. The van der Waals surface area contributed by atoms with E-state index >= 15 is 0 Å². The van der Waals surface area contributed by atoms with Crippen molar-refractivity contribution in [3.05, 3.63) is 16.6 Å². The number of hydrogen-bond acceptors (Lipinski definition) is 4. The number of fused-ring (bicyclic) bond motifs is 3. The van der Waals surface area contributed by atoms with Crippen molar-refractivity contribution in [3.63, 3.8) is 0 Å². The second-order valence-corrected chi connectivity index (χ2v) is 4.63. The predicted octanol–water partition coefficient (Wildman–Crippen LogP) is 0.870. The fourth-order valence-corrected chi connectivity index (χ4v) is 2.44. The Balaban J connectivity index is 2.63. The molecule has 0 aliphatic heterocycles. The molecule has 0 saturated carbocycles. The van der Waals surface area contributed by atoms with Crippen LogP contribution >= 0.6 is 11.8 Å². The van der Waals surface area contributed by atoms with Gasteiger partial charge in [-0.3, -0.25) is 9.48 Å². The summed E-state index contributed by atoms with van der Waals surface area (Å²) in [6, 6.07) is 0. The van der Waals surface area contributed by atoms with E-state index in [1.807, 2.05) is 24.9 Å². The van der Waals surface area contributed by atoms with E-state index in [9.17, 15) is 4.79 Å². The van der Waals surface area contributed by atoms with E-state index in [-0.39, 0.29) is 5.56 Å². The van der Waals surface area contributed by atoms with E-state index < -0.39 is 0 Å². The smallest absolute Gasteiger partial charge is 0.263 e. The molecule has 0 unspecified atom stereocenters. The molecule has 0 bridgehead atoms. The molecule has 3 heterocycles. The summed E-state index contributed by atoms with van der Waals surface area (Å²) in [6.45, 7) is 0. The summed E-state index contributed by atoms with van der Waals surface area (Å²) in [5.74, 6) is 0. The molecule has 7 heteroatoms. The molecule has 3 aromatic rings. The Morgan fingerprint density at radius 2 is 2.18 bits per heavy atom. The quantitative estimate of drug-likeness (QED) is 0.513. The minimum atomic E-state index is -0.117. The Morgan fingerprint density at radius 1 is 1.41 bits per heavy atom. The molecular weight excluding hydrogens is 238 g/mol. The summed E-state index contributed by atoms with van der Waals surface area (Å²) in [4.78, 5) is 19.3. The van der Waals surface area contributed by atoms with Crippen molar-refractivity contribution in [1.29, 1.82) is 0 Å². The zero-order chi connectivity index (χ0) is 12.2. The van der Waals surface area contributed by atoms with E-state index in [4.69, 9.17) is 0 Å². The molecule has 3 aromatic heterocycles. The van der Waals surface area contributed by atoms with Gasteiger partial charge in [-0.05, 0) is 6.26 Å². The fourth-order valence-electron chi connectivity index (χ4n) is 2.07. The van der Waals surface area contributed by atoms with Crippen LogP contribution in [0.5, 0.6) is 0 Å². The maximum absolute atomic E-state index is 12.1. The van der Waals surface area contributed by atoms with Crippen LogP contribution in [0.3, 0.4) is 0 Å². The van der Waals surface area contributed by atoms with Crippen molar-refractivity contribution in [3.8, 4) is 0 Å². The molecule has 88 valence electrons. The highest BCUT2D eigenvalue weighted by Crippen LogP contribution is 2.24. The Hall–Kier alpha value is -1.76. The first-order valence-electron chi connectivity index (χ1n) is 5.08. The van der Waals surface area contributed by atoms with Crippen molar-refractivity contribution >= 4 is 33.8 Å². The highest BCUT2D eigenvalue weighted by Gasteiger charge is 2.16. The molecule has 17 heavy (non-hydrogen) atoms. The Labute approximate surface area is 101 Å². The lowest BCUT2D eigenvalue weighted by Gasteiger charge is -1.98. The van der Waals surface area contributed by atoms with Crippen LogP contribution in [0.15, 0.2) is 16.1 Å². The highest BCUT2D eigenvalue weighted by atomic mass is 32.2. The SMILES string of the molecule is CSc1nc2c(c(=O)[nH]1)c1c(cnn1C)n2C. The molecule has 0 aliphatic rings. The minimum Gasteiger partial charge on any atom is -0.325 e. The average Bonchev–Trinajstić information content (AvgIpc) is 2.81. The number of H-pyrrole nitrogens is 1. The third-order valence-corrected chi connectivity index (χ3v) is 3.49. The average molecular weight is 249 g/mol. The summed E-state index contributed by atoms with van der Waals surface area (Å²) in [6.07, 6.45) is 3.63. The van der Waals surface area contributed by atoms with Crippen LogP contribution in [-0.4, -0.2) is 30.6 Å². The van der Waals surface area contributed by atoms with Crippen LogP contribution in [0.2, 0.25) is 0 Å². The van der Waals surface area contributed by atoms with Gasteiger partial charge in [0.05, 0.1) is 11.7 Å². The molecule has 1 N–H and O–H groups in total. The van der Waals surface area contributed by atoms with Gasteiger partial charge < -0.3 is 9.55 Å². The lowest BCUT2D eigenvalue weighted by Crippen LogP contribution is -2.10. The van der Waals surface area contributed by atoms with Crippen molar-refractivity contribution in [1.82, 2.24) is 24.3 Å². The van der Waals surface area contributed by atoms with Crippen LogP contribution in [-0.2, 0) is 14.1 Å². The summed E-state index contributed by atoms with van der Waals surface area (Å²) in [5.41, 5.74) is 2.32. The molecule has 3 rings (SSSR count). The second-order valence-electron chi connectivity index (χ2n) is 3.83. The van der Waals surface area contributed by atoms with Crippen molar-refractivity contribution in [2.75, 3.05) is 6.26 Å². The number of nitrogens with one attached hydrogen (secondary N) is 1. The van der Waals surface area contributed by atoms with Gasteiger partial charge in [0.1, 0.15) is 10.9 Å². The van der Waals surface area contributed by atoms with Gasteiger partial charge in [0.15, 0.2) is 10.8 Å². The third kappa shape index (κ3) is 1.25. The van der Waals surface area contributed by atoms with E-state index in [0.29, 0.717) is 16.2 Å². The number of nitrogens with zero attached hydrogens (tertiary/aromatic N) is 4. The monoisotopic (exact) mass is 249 g/mol. The first kappa shape index (κ1) is 10.4. The Morgan fingerprint density at radius 3 is 2.88 bits per heavy atom. The van der Waals surface area contributed by atoms with Gasteiger partial charge in [-0.2, -0.15) is 5.10 Å². The molecule has 0 aliphatic carbocycles. The number of hydrogen-bond donors (Lipinski definition) is 1. The molecular formula is C10H11N5OS. The van der Waals surface area contributed by atoms with Gasteiger partial charge in [-0.25, -0.2) is 4.98 Å². The summed E-state index contributed by atoms with van der Waals surface area (Å²) in [7, 11) is 3.71. The lowest BCUT2D eigenvalue weighted by atomic mass is 10.3. The van der Waals surface area contributed by atoms with E-state index in [1.54, 1.807) is 10.9 Å². The lowest BCUT2D eigenvalue weighted by molar-refractivity contribution is 0.798. The molecule has 0 saturated heterocycles. The molecule has 0 radical (unpaired) electrons. The van der Waals surface area contributed by atoms with Crippen molar-refractivity contribution in [2.24, 2.45) is 14.1 Å². The van der Waals surface area contributed by atoms with E-state index in [1.165, 1.54) is 11.8 Å². The molecule has 0 spiro atoms. The fraction of sp³-hybridized carbons (Fsp3) is 0.300. The number of aryl methyl sites for hydroxylation is 2. The molecule has 6 nitrogen and oxygen atoms in total. The zero-order valence-electron chi connectivity index (χ0n) is 9.68. The standard InChI is InChI=1S/C10H11N5OS/c1-14-5-4-11-15(2)7(5)6-8(14)12-10(17-3)13-9(6)16/h4H,1-3H3,(H,12,13,16). The largest absolute Gasteiger partial charge is 0.325 e. The van der Waals surface area contributed by atoms with Gasteiger partial charge in [0.2, 0.25) is 0 Å². The highest BCUT2D eigenvalue weighted by molar-refractivity contribution is 7.98. The maximum atomic E-state index is 12.1. The van der Waals surface area contributed by atoms with E-state index in [2.05, 4.69) is 15.1 Å². The normalized spacial score (nSPS) is 11.7. The van der Waals surface area contributed by atoms with Crippen LogP contribution in [0.4, 0.5) is 0 Å². The Kier molecular flexibility index (Phi) is 2.06. The summed E-state index contributed by atoms with van der Waals surface area (Å²) in [5, 5.41) is 5.38. The molecule has 0 atom stereocenters. The molecule has 0 aromatic carbocycles. The number of aromatic amines is 1. The van der Waals surface area contributed by atoms with Gasteiger partial charge in [-0.1, -0.05) is 11.8 Å². The first-order chi connectivity index (χ1) is 8.13. The maximum Gasteiger partial charge on any atom is 0.263 e. The molecule has 0 amide bonds. The van der Waals surface area contributed by atoms with Crippen LogP contribution in [0.25, 0.3) is 22.1 Å². The first-order valence-corrected chi connectivity index (χ1v) is 6.30.